The number of hydrogen-bond acceptors (Lipinski definition) is 7. The van der Waals surface area contributed by atoms with E-state index in [4.69, 9.17) is 18.5 Å². The van der Waals surface area contributed by atoms with E-state index in [1.54, 1.807) is 0 Å². The van der Waals surface area contributed by atoms with Crippen molar-refractivity contribution in [3.8, 4) is 0 Å². The Hall–Kier alpha value is -1.51. The van der Waals surface area contributed by atoms with E-state index in [0.29, 0.717) is 17.4 Å². The summed E-state index contributed by atoms with van der Waals surface area (Å²) in [5.74, 6) is -0.797. The second kappa shape index (κ2) is 46.6. The molecule has 0 aromatic heterocycles. The Balaban J connectivity index is 4.16. The van der Waals surface area contributed by atoms with E-state index in [9.17, 15) is 19.0 Å². The summed E-state index contributed by atoms with van der Waals surface area (Å²) in [7, 11) is 1.48. The fourth-order valence-corrected chi connectivity index (χ4v) is 8.45. The van der Waals surface area contributed by atoms with Gasteiger partial charge in [-0.25, -0.2) is 4.57 Å². The maximum atomic E-state index is 12.8. The minimum absolute atomic E-state index is 0.0323. The average molecular weight is 927 g/mol. The normalized spacial score (nSPS) is 13.5. The molecule has 64 heavy (non-hydrogen) atoms. The van der Waals surface area contributed by atoms with Gasteiger partial charge in [-0.1, -0.05) is 205 Å². The van der Waals surface area contributed by atoms with Crippen LogP contribution in [0.15, 0.2) is 24.3 Å². The number of likely N-dealkylation sites (N-methyl/N-ethyl adjacent to an activating group) is 1. The monoisotopic (exact) mass is 927 g/mol. The molecule has 2 unspecified atom stereocenters. The van der Waals surface area contributed by atoms with Crippen LogP contribution in [0.4, 0.5) is 0 Å². The number of unbranched alkanes of at least 4 members (excludes halogenated alkanes) is 32. The minimum atomic E-state index is -4.38. The van der Waals surface area contributed by atoms with Gasteiger partial charge < -0.3 is 18.9 Å². The first-order valence-corrected chi connectivity index (χ1v) is 28.6. The summed E-state index contributed by atoms with van der Waals surface area (Å²) in [6.07, 6.45) is 53.8. The van der Waals surface area contributed by atoms with Crippen molar-refractivity contribution in [2.24, 2.45) is 0 Å². The second-order valence-electron chi connectivity index (χ2n) is 19.6. The van der Waals surface area contributed by atoms with Crippen LogP contribution in [0.2, 0.25) is 0 Å². The SMILES string of the molecule is CCCCCCCC/C=C\CCCCCCCC(=O)OCC(COP(=O)(O)OCC[N+](C)(C)C)OC(=O)CCCCCCCCCCCCCCC/C=C\CCCCCCCCCC. The van der Waals surface area contributed by atoms with E-state index in [1.807, 2.05) is 21.1 Å². The standard InChI is InChI=1S/C54H104NO8P/c1-6-8-10-12-14-16-18-20-22-23-24-25-26-27-28-29-30-31-33-35-37-39-41-43-45-47-54(57)63-52(51-62-64(58,59)61-49-48-55(3,4)5)50-60-53(56)46-44-42-40-38-36-34-32-21-19-17-15-13-11-9-7-2/h21,23-24,32,52H,6-20,22,25-31,33-51H2,1-5H3/p+1/b24-23-,32-21-. The van der Waals surface area contributed by atoms with Gasteiger partial charge in [-0.05, 0) is 64.2 Å². The Morgan fingerprint density at radius 2 is 0.797 bits per heavy atom. The highest BCUT2D eigenvalue weighted by molar-refractivity contribution is 7.47. The number of allylic oxidation sites excluding steroid dienone is 4. The van der Waals surface area contributed by atoms with Gasteiger partial charge in [0.25, 0.3) is 0 Å². The van der Waals surface area contributed by atoms with Gasteiger partial charge in [-0.15, -0.1) is 0 Å². The predicted octanol–water partition coefficient (Wildman–Crippen LogP) is 16.3. The van der Waals surface area contributed by atoms with Crippen LogP contribution in [0, 0.1) is 0 Å². The van der Waals surface area contributed by atoms with Gasteiger partial charge in [-0.2, -0.15) is 0 Å². The number of ether oxygens (including phenoxy) is 2. The molecule has 0 saturated carbocycles. The molecule has 0 radical (unpaired) electrons. The maximum absolute atomic E-state index is 12.8. The summed E-state index contributed by atoms with van der Waals surface area (Å²) >= 11 is 0. The molecule has 0 aromatic rings. The highest BCUT2D eigenvalue weighted by Crippen LogP contribution is 2.43. The van der Waals surface area contributed by atoms with Crippen molar-refractivity contribution < 1.29 is 42.1 Å². The Morgan fingerprint density at radius 1 is 0.469 bits per heavy atom. The zero-order valence-electron chi connectivity index (χ0n) is 42.8. The molecule has 9 nitrogen and oxygen atoms in total. The van der Waals surface area contributed by atoms with E-state index in [0.717, 1.165) is 51.4 Å². The molecule has 0 aliphatic heterocycles. The molecule has 0 amide bonds. The summed E-state index contributed by atoms with van der Waals surface area (Å²) in [6, 6.07) is 0. The van der Waals surface area contributed by atoms with Gasteiger partial charge in [-0.3, -0.25) is 18.6 Å². The maximum Gasteiger partial charge on any atom is 0.472 e. The van der Waals surface area contributed by atoms with Crippen LogP contribution < -0.4 is 0 Å². The van der Waals surface area contributed by atoms with Gasteiger partial charge in [0.2, 0.25) is 0 Å². The molecule has 0 spiro atoms. The highest BCUT2D eigenvalue weighted by atomic mass is 31.2. The molecule has 10 heteroatoms. The number of phosphoric ester groups is 1. The molecule has 0 aliphatic carbocycles. The molecule has 2 atom stereocenters. The van der Waals surface area contributed by atoms with E-state index in [1.165, 1.54) is 173 Å². The fraction of sp³-hybridized carbons (Fsp3) is 0.889. The van der Waals surface area contributed by atoms with E-state index < -0.39 is 26.5 Å². The summed E-state index contributed by atoms with van der Waals surface area (Å²) in [4.78, 5) is 35.6. The third kappa shape index (κ3) is 49.9. The largest absolute Gasteiger partial charge is 0.472 e. The minimum Gasteiger partial charge on any atom is -0.462 e. The van der Waals surface area contributed by atoms with Crippen LogP contribution in [0.1, 0.15) is 258 Å². The van der Waals surface area contributed by atoms with Crippen LogP contribution in [0.5, 0.6) is 0 Å². The molecule has 1 N–H and O–H groups in total. The average Bonchev–Trinajstić information content (AvgIpc) is 3.25. The third-order valence-corrected chi connectivity index (χ3v) is 12.9. The fourth-order valence-electron chi connectivity index (χ4n) is 7.71. The summed E-state index contributed by atoms with van der Waals surface area (Å²) in [5, 5.41) is 0. The molecule has 0 saturated heterocycles. The Labute approximate surface area is 396 Å². The van der Waals surface area contributed by atoms with Gasteiger partial charge in [0.1, 0.15) is 19.8 Å². The molecule has 378 valence electrons. The number of quaternary nitrogens is 1. The van der Waals surface area contributed by atoms with Crippen molar-refractivity contribution in [3.63, 3.8) is 0 Å². The lowest BCUT2D eigenvalue weighted by molar-refractivity contribution is -0.870. The van der Waals surface area contributed by atoms with Gasteiger partial charge in [0, 0.05) is 12.8 Å². The van der Waals surface area contributed by atoms with Crippen molar-refractivity contribution >= 4 is 19.8 Å². The van der Waals surface area contributed by atoms with E-state index in [2.05, 4.69) is 38.2 Å². The number of hydrogen-bond donors (Lipinski definition) is 1. The Morgan fingerprint density at radius 3 is 1.16 bits per heavy atom. The molecule has 0 heterocycles. The van der Waals surface area contributed by atoms with Gasteiger partial charge in [0.15, 0.2) is 6.10 Å². The van der Waals surface area contributed by atoms with Gasteiger partial charge in [0.05, 0.1) is 27.7 Å². The van der Waals surface area contributed by atoms with Crippen molar-refractivity contribution in [2.45, 2.75) is 264 Å². The first-order valence-electron chi connectivity index (χ1n) is 27.1. The molecule has 0 aliphatic rings. The summed E-state index contributed by atoms with van der Waals surface area (Å²) in [5.41, 5.74) is 0. The quantitative estimate of drug-likeness (QED) is 0.0211. The lowest BCUT2D eigenvalue weighted by Gasteiger charge is -2.24. The van der Waals surface area contributed by atoms with Crippen LogP contribution in [0.25, 0.3) is 0 Å². The number of carbonyl (C=O) groups is 2. The van der Waals surface area contributed by atoms with Crippen LogP contribution in [-0.2, 0) is 32.7 Å². The van der Waals surface area contributed by atoms with E-state index in [-0.39, 0.29) is 32.0 Å². The predicted molar refractivity (Wildman–Crippen MR) is 271 cm³/mol. The number of carbonyl (C=O) groups excluding carboxylic acids is 2. The van der Waals surface area contributed by atoms with E-state index >= 15 is 0 Å². The Kier molecular flexibility index (Phi) is 45.5. The second-order valence-corrected chi connectivity index (χ2v) is 21.1. The van der Waals surface area contributed by atoms with Crippen molar-refractivity contribution in [3.05, 3.63) is 24.3 Å². The number of rotatable bonds is 50. The molecule has 0 bridgehead atoms. The molecule has 0 aromatic carbocycles. The summed E-state index contributed by atoms with van der Waals surface area (Å²) < 4.78 is 34.5. The van der Waals surface area contributed by atoms with Crippen molar-refractivity contribution in [1.82, 2.24) is 0 Å². The molecular formula is C54H105NO8P+. The van der Waals surface area contributed by atoms with Crippen LogP contribution in [-0.4, -0.2) is 74.9 Å². The zero-order valence-corrected chi connectivity index (χ0v) is 43.7. The first-order chi connectivity index (χ1) is 31.0. The highest BCUT2D eigenvalue weighted by Gasteiger charge is 2.27. The molecule has 0 fully saturated rings. The molecular weight excluding hydrogens is 822 g/mol. The number of nitrogens with zero attached hydrogens (tertiary/aromatic N) is 1. The molecule has 0 rings (SSSR count). The topological polar surface area (TPSA) is 108 Å². The smallest absolute Gasteiger partial charge is 0.462 e. The first kappa shape index (κ1) is 62.5. The number of phosphoric acid groups is 1. The van der Waals surface area contributed by atoms with Crippen molar-refractivity contribution in [1.29, 1.82) is 0 Å². The lowest BCUT2D eigenvalue weighted by Crippen LogP contribution is -2.37. The van der Waals surface area contributed by atoms with Crippen molar-refractivity contribution in [2.75, 3.05) is 47.5 Å². The Bertz CT molecular complexity index is 1140. The third-order valence-electron chi connectivity index (χ3n) is 12.0. The lowest BCUT2D eigenvalue weighted by atomic mass is 10.0. The van der Waals surface area contributed by atoms with Crippen LogP contribution >= 0.6 is 7.82 Å². The summed E-state index contributed by atoms with van der Waals surface area (Å²) in [6.45, 7) is 4.45. The van der Waals surface area contributed by atoms with Crippen LogP contribution in [0.3, 0.4) is 0 Å². The van der Waals surface area contributed by atoms with Gasteiger partial charge >= 0.3 is 19.8 Å². The number of esters is 2. The zero-order chi connectivity index (χ0) is 47.1.